The Morgan fingerprint density at radius 2 is 1.67 bits per heavy atom. The van der Waals surface area contributed by atoms with Gasteiger partial charge in [0.25, 0.3) is 5.91 Å². The molecule has 0 aromatic heterocycles. The first-order chi connectivity index (χ1) is 13.2. The number of nitrogens with zero attached hydrogens (tertiary/aromatic N) is 1. The highest BCUT2D eigenvalue weighted by molar-refractivity contribution is 5.94. The molecule has 4 nitrogen and oxygen atoms in total. The first-order valence-corrected chi connectivity index (χ1v) is 10.1. The van der Waals surface area contributed by atoms with Gasteiger partial charge in [0.15, 0.2) is 0 Å². The second-order valence-corrected chi connectivity index (χ2v) is 7.43. The molecule has 2 aromatic carbocycles. The maximum Gasteiger partial charge on any atom is 0.251 e. The lowest BCUT2D eigenvalue weighted by Crippen LogP contribution is -2.26. The maximum absolute atomic E-state index is 12.2. The van der Waals surface area contributed by atoms with E-state index < -0.39 is 0 Å². The van der Waals surface area contributed by atoms with Crippen LogP contribution in [0.1, 0.15) is 47.2 Å². The van der Waals surface area contributed by atoms with Crippen molar-refractivity contribution in [2.45, 2.75) is 39.2 Å². The van der Waals surface area contributed by atoms with Crippen molar-refractivity contribution in [1.82, 2.24) is 10.2 Å². The first-order valence-electron chi connectivity index (χ1n) is 10.1. The molecule has 0 bridgehead atoms. The van der Waals surface area contributed by atoms with Crippen molar-refractivity contribution in [3.05, 3.63) is 65.2 Å². The maximum atomic E-state index is 12.2. The van der Waals surface area contributed by atoms with Gasteiger partial charge < -0.3 is 15.5 Å². The Kier molecular flexibility index (Phi) is 7.28. The molecular formula is C23H31N3O. The molecule has 0 atom stereocenters. The molecule has 0 aliphatic carbocycles. The molecule has 0 unspecified atom stereocenters. The van der Waals surface area contributed by atoms with Gasteiger partial charge >= 0.3 is 0 Å². The van der Waals surface area contributed by atoms with Crippen LogP contribution in [0.15, 0.2) is 48.5 Å². The number of carbonyl (C=O) groups excluding carboxylic acids is 1. The molecule has 1 aliphatic heterocycles. The van der Waals surface area contributed by atoms with Crippen molar-refractivity contribution in [3.8, 4) is 0 Å². The predicted molar refractivity (Wildman–Crippen MR) is 112 cm³/mol. The van der Waals surface area contributed by atoms with Gasteiger partial charge in [-0.2, -0.15) is 0 Å². The van der Waals surface area contributed by atoms with Crippen LogP contribution in [0.3, 0.4) is 0 Å². The number of hydrogen-bond donors (Lipinski definition) is 2. The van der Waals surface area contributed by atoms with Crippen LogP contribution < -0.4 is 10.6 Å². The van der Waals surface area contributed by atoms with Gasteiger partial charge in [-0.1, -0.05) is 29.8 Å². The predicted octanol–water partition coefficient (Wildman–Crippen LogP) is 4.21. The average Bonchev–Trinajstić information content (AvgIpc) is 3.21. The number of hydrogen-bond acceptors (Lipinski definition) is 3. The van der Waals surface area contributed by atoms with E-state index in [-0.39, 0.29) is 5.91 Å². The van der Waals surface area contributed by atoms with Crippen LogP contribution in [0.4, 0.5) is 5.69 Å². The molecule has 27 heavy (non-hydrogen) atoms. The number of amides is 1. The fraction of sp³-hybridized carbons (Fsp3) is 0.435. The molecule has 144 valence electrons. The quantitative estimate of drug-likeness (QED) is 0.654. The van der Waals surface area contributed by atoms with E-state index in [0.29, 0.717) is 0 Å². The molecule has 4 heteroatoms. The van der Waals surface area contributed by atoms with Gasteiger partial charge in [0.05, 0.1) is 0 Å². The number of benzene rings is 2. The van der Waals surface area contributed by atoms with Crippen LogP contribution in [-0.2, 0) is 6.54 Å². The molecule has 3 rings (SSSR count). The van der Waals surface area contributed by atoms with Gasteiger partial charge in [0, 0.05) is 24.3 Å². The third-order valence-electron chi connectivity index (χ3n) is 5.15. The number of nitrogens with one attached hydrogen (secondary N) is 2. The van der Waals surface area contributed by atoms with E-state index in [1.54, 1.807) is 0 Å². The molecule has 0 radical (unpaired) electrons. The topological polar surface area (TPSA) is 44.4 Å². The third kappa shape index (κ3) is 6.40. The zero-order chi connectivity index (χ0) is 18.9. The van der Waals surface area contributed by atoms with Gasteiger partial charge in [-0.3, -0.25) is 4.79 Å². The summed E-state index contributed by atoms with van der Waals surface area (Å²) < 4.78 is 0. The summed E-state index contributed by atoms with van der Waals surface area (Å²) >= 11 is 0. The molecule has 1 aliphatic rings. The molecular weight excluding hydrogens is 334 g/mol. The molecule has 0 spiro atoms. The molecule has 1 amide bonds. The molecule has 2 aromatic rings. The van der Waals surface area contributed by atoms with E-state index in [9.17, 15) is 4.79 Å². The summed E-state index contributed by atoms with van der Waals surface area (Å²) in [5, 5.41) is 6.44. The van der Waals surface area contributed by atoms with Crippen LogP contribution >= 0.6 is 0 Å². The largest absolute Gasteiger partial charge is 0.381 e. The van der Waals surface area contributed by atoms with Gasteiger partial charge in [-0.25, -0.2) is 0 Å². The minimum absolute atomic E-state index is 0.0224. The summed E-state index contributed by atoms with van der Waals surface area (Å²) in [6.45, 7) is 7.25. The summed E-state index contributed by atoms with van der Waals surface area (Å²) in [7, 11) is 0. The van der Waals surface area contributed by atoms with Crippen molar-refractivity contribution in [2.75, 3.05) is 31.5 Å². The zero-order valence-electron chi connectivity index (χ0n) is 16.3. The van der Waals surface area contributed by atoms with E-state index >= 15 is 0 Å². The number of unbranched alkanes of at least 4 members (excludes halogenated alkanes) is 1. The lowest BCUT2D eigenvalue weighted by Gasteiger charge is -2.14. The van der Waals surface area contributed by atoms with Gasteiger partial charge in [-0.15, -0.1) is 0 Å². The minimum Gasteiger partial charge on any atom is -0.381 e. The summed E-state index contributed by atoms with van der Waals surface area (Å²) in [5.74, 6) is 0.0224. The third-order valence-corrected chi connectivity index (χ3v) is 5.15. The van der Waals surface area contributed by atoms with E-state index in [1.807, 2.05) is 24.3 Å². The van der Waals surface area contributed by atoms with Crippen LogP contribution in [0.5, 0.6) is 0 Å². The van der Waals surface area contributed by atoms with E-state index in [1.165, 1.54) is 38.0 Å². The molecule has 0 saturated carbocycles. The lowest BCUT2D eigenvalue weighted by atomic mass is 10.1. The van der Waals surface area contributed by atoms with Gasteiger partial charge in [0.1, 0.15) is 0 Å². The number of likely N-dealkylation sites (tertiary alicyclic amines) is 1. The van der Waals surface area contributed by atoms with Gasteiger partial charge in [0.2, 0.25) is 0 Å². The second kappa shape index (κ2) is 10.1. The number of anilines is 1. The molecule has 1 heterocycles. The highest BCUT2D eigenvalue weighted by Crippen LogP contribution is 2.12. The summed E-state index contributed by atoms with van der Waals surface area (Å²) in [6.07, 6.45) is 4.88. The highest BCUT2D eigenvalue weighted by atomic mass is 16.1. The Hall–Kier alpha value is -2.33. The zero-order valence-corrected chi connectivity index (χ0v) is 16.3. The standard InChI is InChI=1S/C23H31N3O/c1-19-6-12-22(13-7-19)25-18-20-8-10-21(11-9-20)23(27)24-14-2-3-15-26-16-4-5-17-26/h6-13,25H,2-5,14-18H2,1H3,(H,24,27). The summed E-state index contributed by atoms with van der Waals surface area (Å²) in [6, 6.07) is 16.2. The Bertz CT molecular complexity index is 703. The smallest absolute Gasteiger partial charge is 0.251 e. The highest BCUT2D eigenvalue weighted by Gasteiger charge is 2.10. The molecule has 1 saturated heterocycles. The molecule has 2 N–H and O–H groups in total. The van der Waals surface area contributed by atoms with Crippen molar-refractivity contribution in [1.29, 1.82) is 0 Å². The fourth-order valence-electron chi connectivity index (χ4n) is 3.42. The van der Waals surface area contributed by atoms with Gasteiger partial charge in [-0.05, 0) is 82.1 Å². The lowest BCUT2D eigenvalue weighted by molar-refractivity contribution is 0.0952. The Morgan fingerprint density at radius 1 is 0.963 bits per heavy atom. The normalized spacial score (nSPS) is 14.3. The summed E-state index contributed by atoms with van der Waals surface area (Å²) in [5.41, 5.74) is 4.26. The Morgan fingerprint density at radius 3 is 2.37 bits per heavy atom. The van der Waals surface area contributed by atoms with E-state index in [4.69, 9.17) is 0 Å². The van der Waals surface area contributed by atoms with Crippen molar-refractivity contribution in [3.63, 3.8) is 0 Å². The second-order valence-electron chi connectivity index (χ2n) is 7.43. The number of aryl methyl sites for hydroxylation is 1. The summed E-state index contributed by atoms with van der Waals surface area (Å²) in [4.78, 5) is 14.8. The van der Waals surface area contributed by atoms with Crippen molar-refractivity contribution >= 4 is 11.6 Å². The van der Waals surface area contributed by atoms with Crippen LogP contribution in [0.2, 0.25) is 0 Å². The molecule has 1 fully saturated rings. The number of carbonyl (C=O) groups is 1. The minimum atomic E-state index is 0.0224. The van der Waals surface area contributed by atoms with Crippen LogP contribution in [-0.4, -0.2) is 37.0 Å². The average molecular weight is 366 g/mol. The fourth-order valence-corrected chi connectivity index (χ4v) is 3.42. The first kappa shape index (κ1) is 19.4. The van der Waals surface area contributed by atoms with Crippen LogP contribution in [0, 0.1) is 6.92 Å². The monoisotopic (exact) mass is 365 g/mol. The Labute approximate surface area is 163 Å². The Balaban J connectivity index is 1.35. The van der Waals surface area contributed by atoms with Crippen molar-refractivity contribution < 1.29 is 4.79 Å². The van der Waals surface area contributed by atoms with E-state index in [2.05, 4.69) is 46.7 Å². The number of rotatable bonds is 9. The van der Waals surface area contributed by atoms with Crippen LogP contribution in [0.25, 0.3) is 0 Å². The SMILES string of the molecule is Cc1ccc(NCc2ccc(C(=O)NCCCCN3CCCC3)cc2)cc1. The van der Waals surface area contributed by atoms with Crippen molar-refractivity contribution in [2.24, 2.45) is 0 Å². The van der Waals surface area contributed by atoms with E-state index in [0.717, 1.165) is 42.7 Å².